The van der Waals surface area contributed by atoms with Crippen molar-refractivity contribution in [3.05, 3.63) is 18.0 Å². The normalized spacial score (nSPS) is 11.9. The van der Waals surface area contributed by atoms with E-state index in [2.05, 4.69) is 5.16 Å². The van der Waals surface area contributed by atoms with Crippen LogP contribution in [0.1, 0.15) is 19.6 Å². The van der Waals surface area contributed by atoms with Crippen LogP contribution in [-0.2, 0) is 5.41 Å². The lowest BCUT2D eigenvalue weighted by Gasteiger charge is -2.16. The fourth-order valence-electron chi connectivity index (χ4n) is 0.643. The van der Waals surface area contributed by atoms with Gasteiger partial charge in [-0.15, -0.1) is 0 Å². The molecule has 1 rings (SSSR count). The first-order valence-corrected chi connectivity index (χ1v) is 3.19. The molecule has 1 aromatic rings. The van der Waals surface area contributed by atoms with Gasteiger partial charge >= 0.3 is 0 Å². The SMILES string of the molecule is CC(C)(CO)c1ccno1. The van der Waals surface area contributed by atoms with Crippen LogP contribution in [0.15, 0.2) is 16.8 Å². The van der Waals surface area contributed by atoms with Crippen LogP contribution in [0.5, 0.6) is 0 Å². The molecule has 0 radical (unpaired) electrons. The van der Waals surface area contributed by atoms with E-state index in [0.717, 1.165) is 5.76 Å². The second-order valence-electron chi connectivity index (χ2n) is 2.92. The average Bonchev–Trinajstić information content (AvgIpc) is 2.38. The van der Waals surface area contributed by atoms with Crippen molar-refractivity contribution in [1.82, 2.24) is 5.16 Å². The van der Waals surface area contributed by atoms with E-state index in [1.54, 1.807) is 12.3 Å². The molecule has 0 aliphatic heterocycles. The van der Waals surface area contributed by atoms with Crippen LogP contribution in [0.2, 0.25) is 0 Å². The third-order valence-electron chi connectivity index (χ3n) is 1.50. The van der Waals surface area contributed by atoms with Gasteiger partial charge in [-0.05, 0) is 0 Å². The summed E-state index contributed by atoms with van der Waals surface area (Å²) in [6, 6.07) is 1.76. The van der Waals surface area contributed by atoms with Gasteiger partial charge in [0, 0.05) is 11.5 Å². The summed E-state index contributed by atoms with van der Waals surface area (Å²) in [5, 5.41) is 12.4. The van der Waals surface area contributed by atoms with Crippen LogP contribution in [0, 0.1) is 0 Å². The third kappa shape index (κ3) is 1.19. The Hall–Kier alpha value is -0.830. The first kappa shape index (κ1) is 7.28. The Morgan fingerprint density at radius 1 is 1.70 bits per heavy atom. The van der Waals surface area contributed by atoms with Gasteiger partial charge in [-0.3, -0.25) is 0 Å². The molecule has 0 bridgehead atoms. The first-order chi connectivity index (χ1) is 4.67. The highest BCUT2D eigenvalue weighted by atomic mass is 16.5. The van der Waals surface area contributed by atoms with Crippen molar-refractivity contribution >= 4 is 0 Å². The van der Waals surface area contributed by atoms with E-state index in [9.17, 15) is 0 Å². The van der Waals surface area contributed by atoms with Gasteiger partial charge in [0.25, 0.3) is 0 Å². The van der Waals surface area contributed by atoms with Crippen molar-refractivity contribution in [1.29, 1.82) is 0 Å². The molecule has 0 spiro atoms. The monoisotopic (exact) mass is 141 g/mol. The van der Waals surface area contributed by atoms with Crippen LogP contribution in [-0.4, -0.2) is 16.9 Å². The molecule has 0 unspecified atom stereocenters. The second-order valence-corrected chi connectivity index (χ2v) is 2.92. The minimum Gasteiger partial charge on any atom is -0.395 e. The van der Waals surface area contributed by atoms with Crippen molar-refractivity contribution in [2.45, 2.75) is 19.3 Å². The van der Waals surface area contributed by atoms with E-state index in [1.165, 1.54) is 0 Å². The Kier molecular flexibility index (Phi) is 1.76. The van der Waals surface area contributed by atoms with Gasteiger partial charge in [0.2, 0.25) is 0 Å². The lowest BCUT2D eigenvalue weighted by molar-refractivity contribution is 0.187. The van der Waals surface area contributed by atoms with E-state index < -0.39 is 0 Å². The molecule has 10 heavy (non-hydrogen) atoms. The van der Waals surface area contributed by atoms with Gasteiger partial charge in [-0.1, -0.05) is 19.0 Å². The van der Waals surface area contributed by atoms with Crippen molar-refractivity contribution in [3.8, 4) is 0 Å². The number of aliphatic hydroxyl groups is 1. The van der Waals surface area contributed by atoms with Crippen LogP contribution >= 0.6 is 0 Å². The lowest BCUT2D eigenvalue weighted by Crippen LogP contribution is -2.20. The van der Waals surface area contributed by atoms with Crippen molar-refractivity contribution in [3.63, 3.8) is 0 Å². The fraction of sp³-hybridized carbons (Fsp3) is 0.571. The Bertz CT molecular complexity index is 191. The molecule has 0 aliphatic rings. The summed E-state index contributed by atoms with van der Waals surface area (Å²) in [4.78, 5) is 0. The van der Waals surface area contributed by atoms with Crippen molar-refractivity contribution in [2.24, 2.45) is 0 Å². The molecule has 1 heterocycles. The summed E-state index contributed by atoms with van der Waals surface area (Å²) in [6.07, 6.45) is 1.58. The number of hydrogen-bond donors (Lipinski definition) is 1. The topological polar surface area (TPSA) is 46.3 Å². The molecule has 0 atom stereocenters. The number of aromatic nitrogens is 1. The van der Waals surface area contributed by atoms with E-state index in [0.29, 0.717) is 0 Å². The highest BCUT2D eigenvalue weighted by molar-refractivity contribution is 5.07. The van der Waals surface area contributed by atoms with E-state index in [1.807, 2.05) is 13.8 Å². The molecular formula is C7H11NO2. The van der Waals surface area contributed by atoms with E-state index >= 15 is 0 Å². The maximum atomic E-state index is 8.88. The standard InChI is InChI=1S/C7H11NO2/c1-7(2,5-9)6-3-4-8-10-6/h3-4,9H,5H2,1-2H3. The zero-order chi connectivity index (χ0) is 7.61. The average molecular weight is 141 g/mol. The van der Waals surface area contributed by atoms with Gasteiger partial charge in [-0.25, -0.2) is 0 Å². The Balaban J connectivity index is 2.85. The summed E-state index contributed by atoms with van der Waals surface area (Å²) in [6.45, 7) is 3.86. The minimum atomic E-state index is -0.309. The predicted molar refractivity (Wildman–Crippen MR) is 36.6 cm³/mol. The van der Waals surface area contributed by atoms with Gasteiger partial charge in [0.1, 0.15) is 5.76 Å². The molecule has 0 fully saturated rings. The van der Waals surface area contributed by atoms with Crippen LogP contribution in [0.3, 0.4) is 0 Å². The maximum absolute atomic E-state index is 8.88. The molecule has 3 heteroatoms. The summed E-state index contributed by atoms with van der Waals surface area (Å²) in [5.41, 5.74) is -0.309. The second kappa shape index (κ2) is 2.42. The zero-order valence-corrected chi connectivity index (χ0v) is 6.16. The number of aliphatic hydroxyl groups excluding tert-OH is 1. The maximum Gasteiger partial charge on any atom is 0.144 e. The predicted octanol–water partition coefficient (Wildman–Crippen LogP) is 0.944. The smallest absolute Gasteiger partial charge is 0.144 e. The lowest BCUT2D eigenvalue weighted by atomic mass is 9.92. The van der Waals surface area contributed by atoms with Gasteiger partial charge < -0.3 is 9.63 Å². The molecule has 1 N–H and O–H groups in total. The van der Waals surface area contributed by atoms with Crippen molar-refractivity contribution in [2.75, 3.05) is 6.61 Å². The van der Waals surface area contributed by atoms with Gasteiger partial charge in [0.05, 0.1) is 12.8 Å². The molecule has 56 valence electrons. The molecule has 3 nitrogen and oxygen atoms in total. The summed E-state index contributed by atoms with van der Waals surface area (Å²) in [7, 11) is 0. The van der Waals surface area contributed by atoms with E-state index in [-0.39, 0.29) is 12.0 Å². The number of hydrogen-bond acceptors (Lipinski definition) is 3. The summed E-state index contributed by atoms with van der Waals surface area (Å²) in [5.74, 6) is 0.718. The molecule has 1 aromatic heterocycles. The molecular weight excluding hydrogens is 130 g/mol. The van der Waals surface area contributed by atoms with Gasteiger partial charge in [-0.2, -0.15) is 0 Å². The number of nitrogens with zero attached hydrogens (tertiary/aromatic N) is 1. The number of rotatable bonds is 2. The van der Waals surface area contributed by atoms with Crippen LogP contribution < -0.4 is 0 Å². The molecule has 0 saturated carbocycles. The minimum absolute atomic E-state index is 0.0716. The quantitative estimate of drug-likeness (QED) is 0.666. The molecule has 0 amide bonds. The third-order valence-corrected chi connectivity index (χ3v) is 1.50. The Morgan fingerprint density at radius 3 is 2.80 bits per heavy atom. The Morgan fingerprint density at radius 2 is 2.40 bits per heavy atom. The fourth-order valence-corrected chi connectivity index (χ4v) is 0.643. The molecule has 0 aromatic carbocycles. The largest absolute Gasteiger partial charge is 0.395 e. The van der Waals surface area contributed by atoms with E-state index in [4.69, 9.17) is 9.63 Å². The molecule has 0 aliphatic carbocycles. The van der Waals surface area contributed by atoms with Gasteiger partial charge in [0.15, 0.2) is 0 Å². The summed E-state index contributed by atoms with van der Waals surface area (Å²) >= 11 is 0. The zero-order valence-electron chi connectivity index (χ0n) is 6.16. The highest BCUT2D eigenvalue weighted by Crippen LogP contribution is 2.20. The van der Waals surface area contributed by atoms with Crippen molar-refractivity contribution < 1.29 is 9.63 Å². The highest BCUT2D eigenvalue weighted by Gasteiger charge is 2.22. The Labute approximate surface area is 59.7 Å². The summed E-state index contributed by atoms with van der Waals surface area (Å²) < 4.78 is 4.88. The molecule has 0 saturated heterocycles. The van der Waals surface area contributed by atoms with Crippen LogP contribution in [0.4, 0.5) is 0 Å². The van der Waals surface area contributed by atoms with Crippen LogP contribution in [0.25, 0.3) is 0 Å². The first-order valence-electron chi connectivity index (χ1n) is 3.19.